The van der Waals surface area contributed by atoms with Crippen LogP contribution in [0.5, 0.6) is 0 Å². The number of hydrogen-bond donors (Lipinski definition) is 3. The fraction of sp³-hybridized carbons (Fsp3) is 0.318. The Bertz CT molecular complexity index is 865. The lowest BCUT2D eigenvalue weighted by atomic mass is 9.90. The summed E-state index contributed by atoms with van der Waals surface area (Å²) in [6.07, 6.45) is 3.93. The molecule has 4 nitrogen and oxygen atoms in total. The summed E-state index contributed by atoms with van der Waals surface area (Å²) in [5, 5.41) is 7.76. The lowest BCUT2D eigenvalue weighted by Crippen LogP contribution is -2.39. The minimum absolute atomic E-state index is 0.135. The van der Waals surface area contributed by atoms with Crippen LogP contribution in [0.2, 0.25) is 0 Å². The van der Waals surface area contributed by atoms with Crippen LogP contribution in [-0.4, -0.2) is 30.5 Å². The molecule has 4 rings (SSSR count). The average molecular weight is 347 g/mol. The van der Waals surface area contributed by atoms with Gasteiger partial charge in [-0.1, -0.05) is 48.5 Å². The van der Waals surface area contributed by atoms with Gasteiger partial charge in [0, 0.05) is 35.5 Å². The average Bonchev–Trinajstić information content (AvgIpc) is 3.14. The van der Waals surface area contributed by atoms with Gasteiger partial charge in [0.2, 0.25) is 5.91 Å². The Labute approximate surface area is 154 Å². The van der Waals surface area contributed by atoms with Gasteiger partial charge in [-0.3, -0.25) is 4.79 Å². The molecule has 2 heterocycles. The number of nitrogens with one attached hydrogen (secondary N) is 3. The lowest BCUT2D eigenvalue weighted by Gasteiger charge is -2.24. The summed E-state index contributed by atoms with van der Waals surface area (Å²) in [6.45, 7) is 2.49. The summed E-state index contributed by atoms with van der Waals surface area (Å²) >= 11 is 0. The molecular weight excluding hydrogens is 322 g/mol. The number of H-pyrrole nitrogens is 1. The highest BCUT2D eigenvalue weighted by atomic mass is 16.1. The number of carbonyl (C=O) groups excluding carboxylic acids is 1. The van der Waals surface area contributed by atoms with Gasteiger partial charge >= 0.3 is 0 Å². The van der Waals surface area contributed by atoms with Gasteiger partial charge in [-0.15, -0.1) is 0 Å². The standard InChI is InChI=1S/C22H25N3O/c26-22(17-10-12-23-13-11-17)25-14-19(16-6-2-1-3-7-16)20-15-24-21-9-5-4-8-18(20)21/h1-9,15,17,19,23-24H,10-14H2,(H,25,26)/t19-/m0/s1. The van der Waals surface area contributed by atoms with Crippen molar-refractivity contribution in [3.8, 4) is 0 Å². The Balaban J connectivity index is 1.58. The van der Waals surface area contributed by atoms with Crippen molar-refractivity contribution in [1.29, 1.82) is 0 Å². The minimum atomic E-state index is 0.135. The first-order valence-electron chi connectivity index (χ1n) is 9.42. The molecule has 1 fully saturated rings. The molecule has 3 aromatic rings. The maximum atomic E-state index is 12.6. The molecule has 1 aliphatic heterocycles. The van der Waals surface area contributed by atoms with E-state index < -0.39 is 0 Å². The number of rotatable bonds is 5. The van der Waals surface area contributed by atoms with Crippen LogP contribution in [0, 0.1) is 5.92 Å². The summed E-state index contributed by atoms with van der Waals surface area (Å²) in [6, 6.07) is 18.8. The van der Waals surface area contributed by atoms with E-state index in [1.54, 1.807) is 0 Å². The first-order chi connectivity index (χ1) is 12.8. The maximum Gasteiger partial charge on any atom is 0.223 e. The van der Waals surface area contributed by atoms with Crippen molar-refractivity contribution in [2.24, 2.45) is 5.92 Å². The van der Waals surface area contributed by atoms with Gasteiger partial charge in [0.05, 0.1) is 0 Å². The number of piperidine rings is 1. The first-order valence-corrected chi connectivity index (χ1v) is 9.42. The highest BCUT2D eigenvalue weighted by Crippen LogP contribution is 2.30. The number of benzene rings is 2. The Morgan fingerprint density at radius 3 is 2.58 bits per heavy atom. The topological polar surface area (TPSA) is 56.9 Å². The van der Waals surface area contributed by atoms with E-state index in [1.165, 1.54) is 16.5 Å². The molecule has 1 aliphatic rings. The molecule has 0 unspecified atom stereocenters. The molecule has 1 atom stereocenters. The lowest BCUT2D eigenvalue weighted by molar-refractivity contribution is -0.125. The summed E-state index contributed by atoms with van der Waals surface area (Å²) in [4.78, 5) is 16.0. The van der Waals surface area contributed by atoms with Gasteiger partial charge < -0.3 is 15.6 Å². The highest BCUT2D eigenvalue weighted by Gasteiger charge is 2.23. The normalized spacial score (nSPS) is 16.5. The molecule has 0 bridgehead atoms. The van der Waals surface area contributed by atoms with Crippen LogP contribution >= 0.6 is 0 Å². The van der Waals surface area contributed by atoms with Crippen molar-refractivity contribution in [2.45, 2.75) is 18.8 Å². The fourth-order valence-corrected chi connectivity index (χ4v) is 3.91. The zero-order chi connectivity index (χ0) is 17.8. The van der Waals surface area contributed by atoms with Crippen LogP contribution in [0.25, 0.3) is 10.9 Å². The third-order valence-corrected chi connectivity index (χ3v) is 5.39. The second-order valence-corrected chi connectivity index (χ2v) is 7.02. The monoisotopic (exact) mass is 347 g/mol. The van der Waals surface area contributed by atoms with Crippen molar-refractivity contribution in [3.05, 3.63) is 71.9 Å². The molecule has 1 aromatic heterocycles. The quantitative estimate of drug-likeness (QED) is 0.662. The molecule has 0 radical (unpaired) electrons. The van der Waals surface area contributed by atoms with E-state index in [-0.39, 0.29) is 17.7 Å². The fourth-order valence-electron chi connectivity index (χ4n) is 3.91. The van der Waals surface area contributed by atoms with Gasteiger partial charge in [-0.2, -0.15) is 0 Å². The highest BCUT2D eigenvalue weighted by molar-refractivity contribution is 5.84. The zero-order valence-corrected chi connectivity index (χ0v) is 14.9. The van der Waals surface area contributed by atoms with Crippen LogP contribution in [0.3, 0.4) is 0 Å². The van der Waals surface area contributed by atoms with Crippen LogP contribution < -0.4 is 10.6 Å². The van der Waals surface area contributed by atoms with E-state index in [0.717, 1.165) is 31.4 Å². The number of aromatic nitrogens is 1. The molecule has 0 aliphatic carbocycles. The summed E-state index contributed by atoms with van der Waals surface area (Å²) < 4.78 is 0. The van der Waals surface area contributed by atoms with E-state index >= 15 is 0 Å². The van der Waals surface area contributed by atoms with Crippen molar-refractivity contribution in [1.82, 2.24) is 15.6 Å². The maximum absolute atomic E-state index is 12.6. The third kappa shape index (κ3) is 3.51. The number of hydrogen-bond acceptors (Lipinski definition) is 2. The molecule has 4 heteroatoms. The number of para-hydroxylation sites is 1. The van der Waals surface area contributed by atoms with Crippen LogP contribution in [-0.2, 0) is 4.79 Å². The molecular formula is C22H25N3O. The van der Waals surface area contributed by atoms with Crippen molar-refractivity contribution in [2.75, 3.05) is 19.6 Å². The Morgan fingerprint density at radius 2 is 1.77 bits per heavy atom. The zero-order valence-electron chi connectivity index (χ0n) is 14.9. The van der Waals surface area contributed by atoms with E-state index in [1.807, 2.05) is 12.1 Å². The van der Waals surface area contributed by atoms with Gasteiger partial charge in [-0.05, 0) is 43.1 Å². The van der Waals surface area contributed by atoms with Crippen LogP contribution in [0.1, 0.15) is 29.9 Å². The van der Waals surface area contributed by atoms with Crippen LogP contribution in [0.15, 0.2) is 60.8 Å². The van der Waals surface area contributed by atoms with Gasteiger partial charge in [-0.25, -0.2) is 0 Å². The largest absolute Gasteiger partial charge is 0.361 e. The predicted octanol–water partition coefficient (Wildman–Crippen LogP) is 3.42. The van der Waals surface area contributed by atoms with Gasteiger partial charge in [0.1, 0.15) is 0 Å². The third-order valence-electron chi connectivity index (χ3n) is 5.39. The Kier molecular flexibility index (Phi) is 5.02. The number of aromatic amines is 1. The molecule has 1 saturated heterocycles. The smallest absolute Gasteiger partial charge is 0.223 e. The second-order valence-electron chi connectivity index (χ2n) is 7.02. The Hall–Kier alpha value is -2.59. The van der Waals surface area contributed by atoms with Gasteiger partial charge in [0.15, 0.2) is 0 Å². The van der Waals surface area contributed by atoms with E-state index in [2.05, 4.69) is 64.3 Å². The molecule has 2 aromatic carbocycles. The Morgan fingerprint density at radius 1 is 1.04 bits per heavy atom. The van der Waals surface area contributed by atoms with E-state index in [9.17, 15) is 4.79 Å². The van der Waals surface area contributed by atoms with Crippen molar-refractivity contribution < 1.29 is 4.79 Å². The number of amides is 1. The molecule has 134 valence electrons. The van der Waals surface area contributed by atoms with E-state index in [0.29, 0.717) is 6.54 Å². The van der Waals surface area contributed by atoms with Gasteiger partial charge in [0.25, 0.3) is 0 Å². The number of carbonyl (C=O) groups is 1. The summed E-state index contributed by atoms with van der Waals surface area (Å²) in [5.41, 5.74) is 3.59. The van der Waals surface area contributed by atoms with Crippen LogP contribution in [0.4, 0.5) is 0 Å². The molecule has 3 N–H and O–H groups in total. The van der Waals surface area contributed by atoms with Crippen molar-refractivity contribution >= 4 is 16.8 Å². The SMILES string of the molecule is O=C(NC[C@@H](c1ccccc1)c1c[nH]c2ccccc12)C1CCNCC1. The minimum Gasteiger partial charge on any atom is -0.361 e. The molecule has 0 saturated carbocycles. The second kappa shape index (κ2) is 7.75. The number of fused-ring (bicyclic) bond motifs is 1. The summed E-state index contributed by atoms with van der Waals surface area (Å²) in [7, 11) is 0. The molecule has 1 amide bonds. The van der Waals surface area contributed by atoms with Crippen molar-refractivity contribution in [3.63, 3.8) is 0 Å². The first kappa shape index (κ1) is 16.9. The molecule has 0 spiro atoms. The van der Waals surface area contributed by atoms with E-state index in [4.69, 9.17) is 0 Å². The predicted molar refractivity (Wildman–Crippen MR) is 105 cm³/mol. The molecule has 26 heavy (non-hydrogen) atoms. The summed E-state index contributed by atoms with van der Waals surface area (Å²) in [5.74, 6) is 0.459.